The molecule has 4 rings (SSSR count). The van der Waals surface area contributed by atoms with Crippen molar-refractivity contribution in [1.29, 1.82) is 0 Å². The van der Waals surface area contributed by atoms with E-state index in [1.165, 1.54) is 31.4 Å². The SMILES string of the molecule is COc1ccc([C@H]2CC(=O)c3cc(C(=O)Nc4cccc(F)c4)c(=O)[nH]c3C2)cc1OC. The molecule has 1 aliphatic rings. The Kier molecular flexibility index (Phi) is 5.77. The number of rotatable bonds is 5. The van der Waals surface area contributed by atoms with Gasteiger partial charge in [0.25, 0.3) is 11.5 Å². The van der Waals surface area contributed by atoms with Crippen molar-refractivity contribution >= 4 is 17.4 Å². The van der Waals surface area contributed by atoms with E-state index in [0.717, 1.165) is 11.6 Å². The molecule has 0 saturated carbocycles. The maximum Gasteiger partial charge on any atom is 0.261 e. The van der Waals surface area contributed by atoms with Crippen molar-refractivity contribution in [3.8, 4) is 11.5 Å². The number of ketones is 1. The fraction of sp³-hybridized carbons (Fsp3) is 0.208. The minimum absolute atomic E-state index is 0.155. The Morgan fingerprint density at radius 1 is 1.03 bits per heavy atom. The minimum atomic E-state index is -0.713. The topological polar surface area (TPSA) is 97.5 Å². The summed E-state index contributed by atoms with van der Waals surface area (Å²) >= 11 is 0. The molecule has 1 aliphatic carbocycles. The summed E-state index contributed by atoms with van der Waals surface area (Å²) in [5.74, 6) is -0.422. The van der Waals surface area contributed by atoms with Gasteiger partial charge in [0.05, 0.1) is 14.2 Å². The van der Waals surface area contributed by atoms with Crippen molar-refractivity contribution < 1.29 is 23.5 Å². The normalized spacial score (nSPS) is 15.1. The van der Waals surface area contributed by atoms with Gasteiger partial charge in [0.2, 0.25) is 0 Å². The molecule has 0 saturated heterocycles. The second kappa shape index (κ2) is 8.66. The van der Waals surface area contributed by atoms with Gasteiger partial charge in [-0.3, -0.25) is 14.4 Å². The lowest BCUT2D eigenvalue weighted by Gasteiger charge is -2.24. The van der Waals surface area contributed by atoms with Crippen LogP contribution in [0, 0.1) is 5.82 Å². The fourth-order valence-electron chi connectivity index (χ4n) is 3.91. The zero-order valence-electron chi connectivity index (χ0n) is 17.5. The van der Waals surface area contributed by atoms with Crippen LogP contribution in [0.3, 0.4) is 0 Å². The Morgan fingerprint density at radius 2 is 1.81 bits per heavy atom. The maximum atomic E-state index is 13.4. The van der Waals surface area contributed by atoms with E-state index >= 15 is 0 Å². The molecule has 1 heterocycles. The number of Topliss-reactive ketones (excluding diaryl/α,β-unsaturated/α-hetero) is 1. The Hall–Kier alpha value is -3.94. The van der Waals surface area contributed by atoms with Gasteiger partial charge >= 0.3 is 0 Å². The first-order chi connectivity index (χ1) is 15.4. The van der Waals surface area contributed by atoms with E-state index in [0.29, 0.717) is 29.2 Å². The molecule has 1 aromatic heterocycles. The van der Waals surface area contributed by atoms with Gasteiger partial charge in [-0.1, -0.05) is 12.1 Å². The molecule has 164 valence electrons. The summed E-state index contributed by atoms with van der Waals surface area (Å²) in [5, 5.41) is 2.48. The van der Waals surface area contributed by atoms with Crippen LogP contribution in [0.5, 0.6) is 11.5 Å². The first-order valence-electron chi connectivity index (χ1n) is 9.98. The molecule has 0 unspecified atom stereocenters. The maximum absolute atomic E-state index is 13.4. The predicted octanol–water partition coefficient (Wildman–Crippen LogP) is 3.70. The first kappa shape index (κ1) is 21.3. The van der Waals surface area contributed by atoms with Crippen molar-refractivity contribution in [2.45, 2.75) is 18.8 Å². The lowest BCUT2D eigenvalue weighted by atomic mass is 9.81. The highest BCUT2D eigenvalue weighted by Gasteiger charge is 2.29. The van der Waals surface area contributed by atoms with Crippen LogP contribution >= 0.6 is 0 Å². The summed E-state index contributed by atoms with van der Waals surface area (Å²) in [6.45, 7) is 0. The van der Waals surface area contributed by atoms with Gasteiger partial charge in [-0.05, 0) is 54.3 Å². The molecule has 0 radical (unpaired) electrons. The fourth-order valence-corrected chi connectivity index (χ4v) is 3.91. The minimum Gasteiger partial charge on any atom is -0.493 e. The van der Waals surface area contributed by atoms with Crippen molar-refractivity contribution in [3.63, 3.8) is 0 Å². The van der Waals surface area contributed by atoms with E-state index in [-0.39, 0.29) is 29.4 Å². The molecule has 7 nitrogen and oxygen atoms in total. The monoisotopic (exact) mass is 436 g/mol. The van der Waals surface area contributed by atoms with Crippen LogP contribution < -0.4 is 20.3 Å². The average molecular weight is 436 g/mol. The molecule has 0 spiro atoms. The number of aromatic amines is 1. The average Bonchev–Trinajstić information content (AvgIpc) is 2.78. The number of anilines is 1. The zero-order chi connectivity index (χ0) is 22.8. The number of carbonyl (C=O) groups excluding carboxylic acids is 2. The standard InChI is InChI=1S/C24H21FN2O5/c1-31-21-7-6-13(10-22(21)32-2)14-8-19-17(20(28)9-14)12-18(24(30)27-19)23(29)26-16-5-3-4-15(25)11-16/h3-7,10-12,14H,8-9H2,1-2H3,(H,26,29)(H,27,30)/t14-/m1/s1. The Balaban J connectivity index is 1.61. The third kappa shape index (κ3) is 4.12. The summed E-state index contributed by atoms with van der Waals surface area (Å²) in [6.07, 6.45) is 0.650. The number of methoxy groups -OCH3 is 2. The van der Waals surface area contributed by atoms with Crippen molar-refractivity contribution in [3.05, 3.63) is 87.1 Å². The van der Waals surface area contributed by atoms with Crippen LogP contribution in [0.1, 0.15) is 44.3 Å². The van der Waals surface area contributed by atoms with Crippen LogP contribution in [0.4, 0.5) is 10.1 Å². The van der Waals surface area contributed by atoms with E-state index in [9.17, 15) is 18.8 Å². The lowest BCUT2D eigenvalue weighted by molar-refractivity contribution is 0.0963. The number of hydrogen-bond acceptors (Lipinski definition) is 5. The second-order valence-electron chi connectivity index (χ2n) is 7.51. The number of benzene rings is 2. The summed E-state index contributed by atoms with van der Waals surface area (Å²) in [4.78, 5) is 40.7. The molecule has 2 aromatic carbocycles. The highest BCUT2D eigenvalue weighted by atomic mass is 19.1. The number of H-pyrrole nitrogens is 1. The van der Waals surface area contributed by atoms with Gasteiger partial charge in [0.15, 0.2) is 17.3 Å². The number of fused-ring (bicyclic) bond motifs is 1. The first-order valence-corrected chi connectivity index (χ1v) is 9.98. The number of pyridine rings is 1. The number of hydrogen-bond donors (Lipinski definition) is 2. The van der Waals surface area contributed by atoms with Crippen LogP contribution in [0.25, 0.3) is 0 Å². The summed E-state index contributed by atoms with van der Waals surface area (Å²) in [5.41, 5.74) is 1.07. The molecule has 2 N–H and O–H groups in total. The van der Waals surface area contributed by atoms with E-state index in [4.69, 9.17) is 9.47 Å². The van der Waals surface area contributed by atoms with Gasteiger partial charge < -0.3 is 19.8 Å². The molecule has 0 aliphatic heterocycles. The highest BCUT2D eigenvalue weighted by Crippen LogP contribution is 2.36. The smallest absolute Gasteiger partial charge is 0.261 e. The van der Waals surface area contributed by atoms with Crippen molar-refractivity contribution in [2.75, 3.05) is 19.5 Å². The Morgan fingerprint density at radius 3 is 2.53 bits per heavy atom. The number of halogens is 1. The largest absolute Gasteiger partial charge is 0.493 e. The number of ether oxygens (including phenoxy) is 2. The molecule has 3 aromatic rings. The molecule has 1 atom stereocenters. The third-order valence-corrected chi connectivity index (χ3v) is 5.51. The van der Waals surface area contributed by atoms with E-state index < -0.39 is 17.3 Å². The van der Waals surface area contributed by atoms with Crippen LogP contribution in [0.15, 0.2) is 53.3 Å². The molecular formula is C24H21FN2O5. The number of carbonyl (C=O) groups is 2. The van der Waals surface area contributed by atoms with Crippen molar-refractivity contribution in [2.24, 2.45) is 0 Å². The quantitative estimate of drug-likeness (QED) is 0.636. The number of aromatic nitrogens is 1. The van der Waals surface area contributed by atoms with Crippen LogP contribution in [-0.4, -0.2) is 30.9 Å². The number of nitrogens with one attached hydrogen (secondary N) is 2. The van der Waals surface area contributed by atoms with E-state index in [1.807, 2.05) is 12.1 Å². The molecule has 0 bridgehead atoms. The van der Waals surface area contributed by atoms with Crippen molar-refractivity contribution in [1.82, 2.24) is 4.98 Å². The third-order valence-electron chi connectivity index (χ3n) is 5.51. The van der Waals surface area contributed by atoms with E-state index in [2.05, 4.69) is 10.3 Å². The predicted molar refractivity (Wildman–Crippen MR) is 116 cm³/mol. The summed E-state index contributed by atoms with van der Waals surface area (Å²) < 4.78 is 24.0. The van der Waals surface area contributed by atoms with Gasteiger partial charge in [-0.25, -0.2) is 4.39 Å². The Labute approximate surface area is 183 Å². The van der Waals surface area contributed by atoms with E-state index in [1.54, 1.807) is 13.2 Å². The lowest BCUT2D eigenvalue weighted by Crippen LogP contribution is -2.29. The molecule has 32 heavy (non-hydrogen) atoms. The van der Waals surface area contributed by atoms with Crippen LogP contribution in [0.2, 0.25) is 0 Å². The Bertz CT molecular complexity index is 1270. The van der Waals surface area contributed by atoms with Gasteiger partial charge in [0, 0.05) is 23.4 Å². The second-order valence-corrected chi connectivity index (χ2v) is 7.51. The zero-order valence-corrected chi connectivity index (χ0v) is 17.5. The number of amides is 1. The molecular weight excluding hydrogens is 415 g/mol. The summed E-state index contributed by atoms with van der Waals surface area (Å²) in [6, 6.07) is 12.1. The highest BCUT2D eigenvalue weighted by molar-refractivity contribution is 6.06. The molecule has 8 heteroatoms. The van der Waals surface area contributed by atoms with Gasteiger partial charge in [0.1, 0.15) is 11.4 Å². The van der Waals surface area contributed by atoms with Crippen LogP contribution in [-0.2, 0) is 6.42 Å². The van der Waals surface area contributed by atoms with Gasteiger partial charge in [-0.15, -0.1) is 0 Å². The summed E-state index contributed by atoms with van der Waals surface area (Å²) in [7, 11) is 3.08. The molecule has 1 amide bonds. The van der Waals surface area contributed by atoms with Gasteiger partial charge in [-0.2, -0.15) is 0 Å². The molecule has 0 fully saturated rings.